The van der Waals surface area contributed by atoms with Crippen LogP contribution in [0.1, 0.15) is 107 Å². The standard InChI is InChI=1S/C46H47ClF3N13O6S.C25H33N7O4S.C21H14ClF3N6O2/c1-24-39(70-23-52-24)26-8-6-25(7-9-26)17-51-41(66)37-14-30(64)22-61(37)42(67)40(46(2,3)4)54-38(65)10-11-60-20-29(56-58-60)21-63-44(68)55-43(53-36-13-28-18-59(5)57-35(28)15-31(36)47)62(45(63)69)19-27-12-33(49)34(50)16-32(27)48;1-15-21(37-14-28-15)17-7-5-16(6-8-17)12-27-23(35)19-11-18(33)13-32(19)24(36)22(25(2,3)4)30-20(34)9-10-29-31-26;1-3-4-30-20(32)27-19(26-18-6-12-9-29(2)28-17(12)7-13(18)22)31(21(30)33)10-11-5-15(24)16(25)8-14(11)23/h6-9,12-13,15-16,18,20,23,30,37,40,64H,10-11,14,17,19,21-22H2,1-5H3,(H,51,66)(H,54,65)(H,53,55,68);5-8,14,18-19,22,33H,9-13H2,1-4H3,(H,27,35)(H,30,34);1,5-9H,4,10H2,2H3,(H,26,27,32)/t30-,37+,40-;18-,19+,22-;/m11./s1. The van der Waals surface area contributed by atoms with Gasteiger partial charge in [0.25, 0.3) is 0 Å². The van der Waals surface area contributed by atoms with Crippen molar-refractivity contribution in [3.05, 3.63) is 263 Å². The average Bonchev–Trinajstić information content (AvgIpc) is 0.824. The van der Waals surface area contributed by atoms with Crippen molar-refractivity contribution in [3.8, 4) is 33.2 Å². The summed E-state index contributed by atoms with van der Waals surface area (Å²) in [5.74, 6) is -9.02. The van der Waals surface area contributed by atoms with Crippen LogP contribution >= 0.6 is 45.9 Å². The van der Waals surface area contributed by atoms with E-state index in [1.54, 1.807) is 103 Å². The molecule has 48 heteroatoms. The molecule has 8 N–H and O–H groups in total. The molecule has 2 saturated heterocycles. The quantitative estimate of drug-likeness (QED) is 0.00539. The van der Waals surface area contributed by atoms with E-state index in [1.165, 1.54) is 32.0 Å². The number of β-amino-alcohol motifs (C(OH)–C–C–N with tert-alkyl or cyclic N) is 2. The van der Waals surface area contributed by atoms with Crippen LogP contribution in [0, 0.1) is 71.9 Å². The van der Waals surface area contributed by atoms with E-state index in [-0.39, 0.29) is 115 Å². The Labute approximate surface area is 811 Å². The smallest absolute Gasteiger partial charge is 0.355 e. The molecule has 6 amide bonds. The van der Waals surface area contributed by atoms with Crippen LogP contribution in [-0.4, -0.2) is 184 Å². The van der Waals surface area contributed by atoms with Gasteiger partial charge in [-0.15, -0.1) is 34.2 Å². The number of amides is 6. The Balaban J connectivity index is 0.000000197. The molecule has 38 nitrogen and oxygen atoms in total. The summed E-state index contributed by atoms with van der Waals surface area (Å²) in [7, 11) is 3.43. The van der Waals surface area contributed by atoms with Crippen molar-refractivity contribution in [2.75, 3.05) is 30.3 Å². The highest BCUT2D eigenvalue weighted by Gasteiger charge is 2.47. The van der Waals surface area contributed by atoms with E-state index >= 15 is 0 Å². The summed E-state index contributed by atoms with van der Waals surface area (Å²) >= 11 is 15.9. The van der Waals surface area contributed by atoms with Crippen LogP contribution in [0.5, 0.6) is 0 Å². The molecule has 7 aromatic heterocycles. The topological polar surface area (TPSA) is 476 Å². The van der Waals surface area contributed by atoms with Crippen molar-refractivity contribution >= 4 is 126 Å². The minimum atomic E-state index is -1.44. The molecule has 6 aromatic carbocycles. The molecule has 2 aliphatic rings. The van der Waals surface area contributed by atoms with Crippen LogP contribution in [0.2, 0.25) is 10.0 Å². The number of halogens is 8. The van der Waals surface area contributed by atoms with E-state index in [2.05, 4.69) is 88.3 Å². The minimum absolute atomic E-state index is 0.000986. The van der Waals surface area contributed by atoms with Gasteiger partial charge in [0, 0.05) is 124 Å². The van der Waals surface area contributed by atoms with Gasteiger partial charge >= 0.3 is 22.8 Å². The number of anilines is 4. The summed E-state index contributed by atoms with van der Waals surface area (Å²) in [5.41, 5.74) is 13.2. The molecule has 732 valence electrons. The molecule has 0 unspecified atom stereocenters. The molecular formula is C92H94Cl2F6N26O12S2. The minimum Gasteiger partial charge on any atom is -0.391 e. The van der Waals surface area contributed by atoms with E-state index < -0.39 is 166 Å². The zero-order valence-electron chi connectivity index (χ0n) is 76.8. The van der Waals surface area contributed by atoms with Gasteiger partial charge in [0.1, 0.15) is 41.5 Å². The van der Waals surface area contributed by atoms with Crippen LogP contribution in [0.3, 0.4) is 0 Å². The summed E-state index contributed by atoms with van der Waals surface area (Å²) in [6.07, 6.45) is 8.09. The zero-order valence-corrected chi connectivity index (χ0v) is 80.0. The van der Waals surface area contributed by atoms with Gasteiger partial charge in [0.2, 0.25) is 47.3 Å². The molecule has 9 heterocycles. The molecule has 0 radical (unpaired) electrons. The molecule has 2 aliphatic heterocycles. The van der Waals surface area contributed by atoms with Gasteiger partial charge < -0.3 is 51.9 Å². The third kappa shape index (κ3) is 24.7. The van der Waals surface area contributed by atoms with Crippen molar-refractivity contribution in [2.24, 2.45) is 30.0 Å². The predicted molar refractivity (Wildman–Crippen MR) is 509 cm³/mol. The van der Waals surface area contributed by atoms with Crippen molar-refractivity contribution in [1.82, 2.24) is 104 Å². The number of aliphatic hydroxyl groups excluding tert-OH is 2. The number of aromatic nitrogens is 15. The first-order chi connectivity index (χ1) is 66.4. The second-order valence-corrected chi connectivity index (χ2v) is 37.7. The lowest BCUT2D eigenvalue weighted by molar-refractivity contribution is -0.144. The maximum atomic E-state index is 15.0. The summed E-state index contributed by atoms with van der Waals surface area (Å²) in [4.78, 5) is 157. The molecular weight excluding hydrogens is 1910 g/mol. The third-order valence-corrected chi connectivity index (χ3v) is 25.3. The van der Waals surface area contributed by atoms with Gasteiger partial charge in [-0.3, -0.25) is 51.9 Å². The number of hydrogen-bond acceptors (Lipinski definition) is 25. The van der Waals surface area contributed by atoms with Crippen LogP contribution in [0.15, 0.2) is 151 Å². The SMILES string of the molecule is C#CCn1c(=O)nc(Nc2cc3cn(C)nc3cc2Cl)n(Cc2cc(F)c(F)cc2F)c1=O.Cc1ncsc1-c1ccc(CNC(=O)[C@@H]2C[C@@H](O)CN2C(=O)[C@@H](NC(=O)CCN=[N+]=[N-])C(C)(C)C)cc1.Cc1ncsc1-c1ccc(CNC(=O)[C@@H]2C[C@@H](O)CN2C(=O)[C@@H](NC(=O)CCn2cc(Cn3c(=O)nc(Nc4cc5cn(C)nc5cc4Cl)n(Cc4cc(F)c(F)cc4F)c3=O)nn2)C(C)(C)C)cc1. The lowest BCUT2D eigenvalue weighted by Crippen LogP contribution is -2.57. The number of likely N-dealkylation sites (tertiary alicyclic amines) is 2. The van der Waals surface area contributed by atoms with E-state index in [4.69, 9.17) is 35.2 Å². The molecule has 0 saturated carbocycles. The molecule has 2 fully saturated rings. The second-order valence-electron chi connectivity index (χ2n) is 35.2. The van der Waals surface area contributed by atoms with E-state index in [0.29, 0.717) is 55.2 Å². The number of nitrogens with zero attached hydrogens (tertiary/aromatic N) is 20. The molecule has 0 aliphatic carbocycles. The zero-order chi connectivity index (χ0) is 101. The van der Waals surface area contributed by atoms with E-state index in [9.17, 15) is 84.5 Å². The Morgan fingerprint density at radius 3 is 1.41 bits per heavy atom. The molecule has 13 aromatic rings. The number of azide groups is 1. The molecule has 0 spiro atoms. The number of terminal acetylenes is 1. The largest absolute Gasteiger partial charge is 0.391 e. The monoisotopic (exact) mass is 2000 g/mol. The highest BCUT2D eigenvalue weighted by atomic mass is 35.5. The summed E-state index contributed by atoms with van der Waals surface area (Å²) in [5, 5.41) is 59.5. The number of carbonyl (C=O) groups excluding carboxylic acids is 6. The lowest BCUT2D eigenvalue weighted by atomic mass is 9.85. The van der Waals surface area contributed by atoms with Crippen LogP contribution in [0.4, 0.5) is 49.6 Å². The Hall–Kier alpha value is -14.8. The van der Waals surface area contributed by atoms with E-state index in [1.807, 2.05) is 83.1 Å². The number of thiazole rings is 2. The van der Waals surface area contributed by atoms with Crippen LogP contribution in [0.25, 0.3) is 53.1 Å². The highest BCUT2D eigenvalue weighted by Crippen LogP contribution is 2.36. The first-order valence-corrected chi connectivity index (χ1v) is 45.9. The average molecular weight is 2000 g/mol. The maximum Gasteiger partial charge on any atom is 0.355 e. The first kappa shape index (κ1) is 103. The van der Waals surface area contributed by atoms with Crippen molar-refractivity contribution in [1.29, 1.82) is 0 Å². The number of benzene rings is 6. The molecule has 140 heavy (non-hydrogen) atoms. The summed E-state index contributed by atoms with van der Waals surface area (Å²) in [6, 6.07) is 19.9. The summed E-state index contributed by atoms with van der Waals surface area (Å²) in [6.45, 7) is 12.7. The van der Waals surface area contributed by atoms with Crippen molar-refractivity contribution in [3.63, 3.8) is 0 Å². The summed E-state index contributed by atoms with van der Waals surface area (Å²) < 4.78 is 92.0. The fourth-order valence-corrected chi connectivity index (χ4v) is 17.5. The van der Waals surface area contributed by atoms with Gasteiger partial charge in [0.05, 0.1) is 116 Å². The number of nitrogens with one attached hydrogen (secondary N) is 6. The van der Waals surface area contributed by atoms with Gasteiger partial charge in [-0.25, -0.2) is 64.6 Å². The third-order valence-electron chi connectivity index (χ3n) is 22.7. The molecule has 0 bridgehead atoms. The lowest BCUT2D eigenvalue weighted by Gasteiger charge is -2.35. The van der Waals surface area contributed by atoms with Crippen molar-refractivity contribution in [2.45, 2.75) is 163 Å². The fourth-order valence-electron chi connectivity index (χ4n) is 15.5. The first-order valence-electron chi connectivity index (χ1n) is 43.3. The van der Waals surface area contributed by atoms with Gasteiger partial charge in [-0.05, 0) is 88.9 Å². The van der Waals surface area contributed by atoms with Crippen LogP contribution in [-0.2, 0) is 88.7 Å². The van der Waals surface area contributed by atoms with Gasteiger partial charge in [-0.1, -0.05) is 130 Å². The number of aliphatic hydroxyl groups is 2. The van der Waals surface area contributed by atoms with E-state index in [0.717, 1.165) is 52.5 Å². The fraction of sp³-hybridized carbons (Fsp3) is 0.348. The van der Waals surface area contributed by atoms with Crippen LogP contribution < -0.4 is 54.7 Å². The predicted octanol–water partition coefficient (Wildman–Crippen LogP) is 10.1. The van der Waals surface area contributed by atoms with Crippen molar-refractivity contribution < 1.29 is 65.3 Å². The Bertz CT molecular complexity index is 7260. The number of hydrogen-bond donors (Lipinski definition) is 8. The number of aryl methyl sites for hydroxylation is 5. The number of rotatable bonds is 29. The van der Waals surface area contributed by atoms with Gasteiger partial charge in [0.15, 0.2) is 23.3 Å². The maximum absolute atomic E-state index is 15.0. The Morgan fingerprint density at radius 2 is 1.00 bits per heavy atom. The number of fused-ring (bicyclic) bond motifs is 2. The second kappa shape index (κ2) is 43.9. The number of carbonyl (C=O) groups is 6. The Morgan fingerprint density at radius 1 is 0.579 bits per heavy atom. The normalized spacial score (nSPS) is 15.1. The highest BCUT2D eigenvalue weighted by molar-refractivity contribution is 7.13. The molecule has 6 atom stereocenters. The molecule has 15 rings (SSSR count). The Kier molecular flexibility index (Phi) is 32.2. The van der Waals surface area contributed by atoms with Gasteiger partial charge in [-0.2, -0.15) is 20.2 Å².